The maximum absolute atomic E-state index is 13.0. The van der Waals surface area contributed by atoms with Crippen molar-refractivity contribution in [3.63, 3.8) is 0 Å². The van der Waals surface area contributed by atoms with Gasteiger partial charge in [0.05, 0.1) is 17.1 Å². The van der Waals surface area contributed by atoms with Gasteiger partial charge in [0.1, 0.15) is 5.75 Å². The van der Waals surface area contributed by atoms with Crippen LogP contribution in [0.3, 0.4) is 0 Å². The van der Waals surface area contributed by atoms with Gasteiger partial charge in [-0.05, 0) is 37.3 Å². The van der Waals surface area contributed by atoms with Crippen LogP contribution in [0.4, 0.5) is 5.69 Å². The molecule has 1 aromatic rings. The number of nitrogens with one attached hydrogen (secondary N) is 1. The van der Waals surface area contributed by atoms with E-state index in [4.69, 9.17) is 4.74 Å². The summed E-state index contributed by atoms with van der Waals surface area (Å²) in [5.74, 6) is 0.269. The molecular formula is C18H25N3O5S. The molecule has 0 unspecified atom stereocenters. The van der Waals surface area contributed by atoms with Crippen molar-refractivity contribution in [2.45, 2.75) is 31.6 Å². The zero-order valence-electron chi connectivity index (χ0n) is 15.8. The summed E-state index contributed by atoms with van der Waals surface area (Å²) in [6.45, 7) is 4.71. The number of nitrogens with zero attached hydrogens (tertiary/aromatic N) is 2. The van der Waals surface area contributed by atoms with E-state index in [9.17, 15) is 18.0 Å². The Labute approximate surface area is 159 Å². The van der Waals surface area contributed by atoms with Gasteiger partial charge in [0.15, 0.2) is 6.61 Å². The average molecular weight is 395 g/mol. The first-order chi connectivity index (χ1) is 12.7. The van der Waals surface area contributed by atoms with Gasteiger partial charge in [0.25, 0.3) is 5.91 Å². The van der Waals surface area contributed by atoms with Crippen molar-refractivity contribution in [1.82, 2.24) is 9.21 Å². The molecule has 0 aromatic heterocycles. The number of fused-ring (bicyclic) bond motifs is 1. The molecule has 0 radical (unpaired) electrons. The van der Waals surface area contributed by atoms with Crippen LogP contribution >= 0.6 is 0 Å². The minimum absolute atomic E-state index is 0.0692. The van der Waals surface area contributed by atoms with Gasteiger partial charge in [-0.25, -0.2) is 8.42 Å². The molecule has 148 valence electrons. The summed E-state index contributed by atoms with van der Waals surface area (Å²) in [4.78, 5) is 25.8. The predicted octanol–water partition coefficient (Wildman–Crippen LogP) is 1.20. The number of carbonyl (C=O) groups excluding carboxylic acids is 2. The Morgan fingerprint density at radius 1 is 1.41 bits per heavy atom. The number of ether oxygens (including phenoxy) is 1. The number of benzene rings is 1. The maximum Gasteiger partial charge on any atom is 0.262 e. The second-order valence-electron chi connectivity index (χ2n) is 7.30. The number of hydrogen-bond donors (Lipinski definition) is 1. The first kappa shape index (κ1) is 19.6. The van der Waals surface area contributed by atoms with Gasteiger partial charge in [0, 0.05) is 26.2 Å². The van der Waals surface area contributed by atoms with Crippen molar-refractivity contribution >= 4 is 27.5 Å². The summed E-state index contributed by atoms with van der Waals surface area (Å²) in [7, 11) is -2.47. The molecule has 27 heavy (non-hydrogen) atoms. The molecular weight excluding hydrogens is 370 g/mol. The normalized spacial score (nSPS) is 20.1. The quantitative estimate of drug-likeness (QED) is 0.827. The molecule has 2 amide bonds. The lowest BCUT2D eigenvalue weighted by Crippen LogP contribution is -2.45. The van der Waals surface area contributed by atoms with Gasteiger partial charge in [-0.2, -0.15) is 4.31 Å². The number of rotatable bonds is 4. The highest BCUT2D eigenvalue weighted by atomic mass is 32.2. The van der Waals surface area contributed by atoms with Gasteiger partial charge < -0.3 is 15.0 Å². The third-order valence-corrected chi connectivity index (χ3v) is 6.91. The van der Waals surface area contributed by atoms with Gasteiger partial charge in [-0.15, -0.1) is 0 Å². The highest BCUT2D eigenvalue weighted by Gasteiger charge is 2.30. The molecule has 3 rings (SSSR count). The van der Waals surface area contributed by atoms with Gasteiger partial charge in [-0.3, -0.25) is 9.59 Å². The average Bonchev–Trinajstić information content (AvgIpc) is 2.60. The molecule has 0 bridgehead atoms. The van der Waals surface area contributed by atoms with E-state index < -0.39 is 10.0 Å². The fourth-order valence-corrected chi connectivity index (χ4v) is 4.79. The fourth-order valence-electron chi connectivity index (χ4n) is 3.45. The van der Waals surface area contributed by atoms with Gasteiger partial charge in [0.2, 0.25) is 15.9 Å². The van der Waals surface area contributed by atoms with E-state index in [-0.39, 0.29) is 29.9 Å². The van der Waals surface area contributed by atoms with Crippen molar-refractivity contribution in [2.24, 2.45) is 5.92 Å². The number of piperidine rings is 1. The van der Waals surface area contributed by atoms with Crippen LogP contribution in [0, 0.1) is 12.8 Å². The van der Waals surface area contributed by atoms with Crippen LogP contribution in [0.25, 0.3) is 0 Å². The number of likely N-dealkylation sites (tertiary alicyclic amines) is 1. The topological polar surface area (TPSA) is 96.0 Å². The molecule has 0 saturated carbocycles. The van der Waals surface area contributed by atoms with E-state index in [1.165, 1.54) is 13.1 Å². The van der Waals surface area contributed by atoms with E-state index in [0.717, 1.165) is 17.1 Å². The van der Waals surface area contributed by atoms with Crippen LogP contribution in [0.2, 0.25) is 0 Å². The molecule has 2 aliphatic rings. The number of amides is 2. The van der Waals surface area contributed by atoms with Crippen LogP contribution < -0.4 is 10.1 Å². The van der Waals surface area contributed by atoms with Crippen molar-refractivity contribution in [1.29, 1.82) is 0 Å². The Bertz CT molecular complexity index is 868. The predicted molar refractivity (Wildman–Crippen MR) is 100 cm³/mol. The summed E-state index contributed by atoms with van der Waals surface area (Å²) < 4.78 is 32.4. The molecule has 1 aromatic carbocycles. The number of aryl methyl sites for hydroxylation is 1. The number of carbonyl (C=O) groups is 2. The Kier molecular flexibility index (Phi) is 5.43. The van der Waals surface area contributed by atoms with Crippen LogP contribution in [0.5, 0.6) is 5.75 Å². The second-order valence-corrected chi connectivity index (χ2v) is 9.31. The summed E-state index contributed by atoms with van der Waals surface area (Å²) in [5, 5.41) is 2.65. The second kappa shape index (κ2) is 7.47. The summed E-state index contributed by atoms with van der Waals surface area (Å²) in [5.41, 5.74) is 0.925. The maximum atomic E-state index is 13.0. The van der Waals surface area contributed by atoms with Gasteiger partial charge >= 0.3 is 0 Å². The Morgan fingerprint density at radius 3 is 2.85 bits per heavy atom. The van der Waals surface area contributed by atoms with E-state index in [1.54, 1.807) is 17.9 Å². The molecule has 0 aliphatic carbocycles. The number of sulfonamides is 1. The largest absolute Gasteiger partial charge is 0.482 e. The molecule has 9 heteroatoms. The van der Waals surface area contributed by atoms with E-state index in [2.05, 4.69) is 12.2 Å². The lowest BCUT2D eigenvalue weighted by molar-refractivity contribution is -0.132. The first-order valence-electron chi connectivity index (χ1n) is 9.00. The molecule has 8 nitrogen and oxygen atoms in total. The molecule has 1 atom stereocenters. The zero-order valence-corrected chi connectivity index (χ0v) is 16.6. The fraction of sp³-hybridized carbons (Fsp3) is 0.556. The molecule has 2 aliphatic heterocycles. The van der Waals surface area contributed by atoms with Crippen molar-refractivity contribution in [3.8, 4) is 5.75 Å². The summed E-state index contributed by atoms with van der Waals surface area (Å²) in [6, 6.07) is 2.98. The SMILES string of the molecule is Cc1cc2c(cc1S(=O)(=O)N(C)CC(=O)N1CCC[C@H](C)C1)OCC(=O)N2. The van der Waals surface area contributed by atoms with Crippen LogP contribution in [0.1, 0.15) is 25.3 Å². The number of hydrogen-bond acceptors (Lipinski definition) is 5. The van der Waals surface area contributed by atoms with Crippen molar-refractivity contribution in [3.05, 3.63) is 17.7 Å². The molecule has 1 N–H and O–H groups in total. The zero-order chi connectivity index (χ0) is 19.8. The summed E-state index contributed by atoms with van der Waals surface area (Å²) in [6.07, 6.45) is 2.03. The number of likely N-dealkylation sites (N-methyl/N-ethyl adjacent to an activating group) is 1. The highest BCUT2D eigenvalue weighted by Crippen LogP contribution is 2.33. The molecule has 1 saturated heterocycles. The highest BCUT2D eigenvalue weighted by molar-refractivity contribution is 7.89. The van der Waals surface area contributed by atoms with Crippen molar-refractivity contribution in [2.75, 3.05) is 38.6 Å². The molecule has 2 heterocycles. The van der Waals surface area contributed by atoms with Gasteiger partial charge in [-0.1, -0.05) is 6.92 Å². The Morgan fingerprint density at radius 2 is 2.15 bits per heavy atom. The standard InChI is InChI=1S/C18H25N3O5S/c1-12-5-4-6-21(9-12)18(23)10-20(3)27(24,25)16-8-15-14(7-13(16)2)19-17(22)11-26-15/h7-8,12H,4-6,9-11H2,1-3H3,(H,19,22)/t12-/m0/s1. The smallest absolute Gasteiger partial charge is 0.262 e. The lowest BCUT2D eigenvalue weighted by Gasteiger charge is -2.32. The monoisotopic (exact) mass is 395 g/mol. The number of anilines is 1. The van der Waals surface area contributed by atoms with E-state index in [1.807, 2.05) is 0 Å². The van der Waals surface area contributed by atoms with Crippen molar-refractivity contribution < 1.29 is 22.7 Å². The lowest BCUT2D eigenvalue weighted by atomic mass is 10.0. The first-order valence-corrected chi connectivity index (χ1v) is 10.4. The minimum Gasteiger partial charge on any atom is -0.482 e. The summed E-state index contributed by atoms with van der Waals surface area (Å²) >= 11 is 0. The minimum atomic E-state index is -3.87. The van der Waals surface area contributed by atoms with Crippen LogP contribution in [-0.4, -0.2) is 62.7 Å². The molecule has 1 fully saturated rings. The van der Waals surface area contributed by atoms with Crippen LogP contribution in [0.15, 0.2) is 17.0 Å². The van der Waals surface area contributed by atoms with E-state index in [0.29, 0.717) is 36.0 Å². The Balaban J connectivity index is 1.79. The molecule has 0 spiro atoms. The van der Waals surface area contributed by atoms with Crippen LogP contribution in [-0.2, 0) is 19.6 Å². The van der Waals surface area contributed by atoms with E-state index >= 15 is 0 Å². The third kappa shape index (κ3) is 4.08. The third-order valence-electron chi connectivity index (χ3n) is 4.97. The Hall–Kier alpha value is -2.13.